The van der Waals surface area contributed by atoms with Crippen LogP contribution in [0.3, 0.4) is 0 Å². The molecule has 154 valence electrons. The largest absolute Gasteiger partial charge is 0.471 e. The second-order valence-electron chi connectivity index (χ2n) is 7.88. The molecule has 0 bridgehead atoms. The molecule has 1 aliphatic heterocycles. The zero-order valence-corrected chi connectivity index (χ0v) is 16.7. The lowest BCUT2D eigenvalue weighted by atomic mass is 9.84. The van der Waals surface area contributed by atoms with E-state index in [0.29, 0.717) is 24.7 Å². The Bertz CT molecular complexity index is 1090. The minimum atomic E-state index is -0.305. The van der Waals surface area contributed by atoms with Crippen LogP contribution in [0.4, 0.5) is 4.39 Å². The summed E-state index contributed by atoms with van der Waals surface area (Å²) in [5.41, 5.74) is 4.18. The lowest BCUT2D eigenvalue weighted by Gasteiger charge is -2.28. The van der Waals surface area contributed by atoms with E-state index >= 15 is 0 Å². The minimum absolute atomic E-state index is 0.192. The van der Waals surface area contributed by atoms with E-state index in [0.717, 1.165) is 41.9 Å². The number of pyridine rings is 1. The predicted octanol–water partition coefficient (Wildman–Crippen LogP) is 3.33. The van der Waals surface area contributed by atoms with Crippen molar-refractivity contribution in [3.05, 3.63) is 64.9 Å². The fourth-order valence-corrected chi connectivity index (χ4v) is 3.86. The van der Waals surface area contributed by atoms with Gasteiger partial charge in [-0.1, -0.05) is 11.6 Å². The highest BCUT2D eigenvalue weighted by molar-refractivity contribution is 5.80. The Labute approximate surface area is 173 Å². The van der Waals surface area contributed by atoms with Crippen molar-refractivity contribution < 1.29 is 13.9 Å². The van der Waals surface area contributed by atoms with Gasteiger partial charge in [0.15, 0.2) is 0 Å². The van der Waals surface area contributed by atoms with Crippen molar-refractivity contribution in [2.45, 2.75) is 45.9 Å². The third-order valence-corrected chi connectivity index (χ3v) is 5.90. The Balaban J connectivity index is 1.29. The van der Waals surface area contributed by atoms with Gasteiger partial charge in [-0.05, 0) is 55.7 Å². The number of carbonyl (C=O) groups excluding carboxylic acids is 1. The molecule has 2 aromatic heterocycles. The summed E-state index contributed by atoms with van der Waals surface area (Å²) in [6.07, 6.45) is 3.15. The summed E-state index contributed by atoms with van der Waals surface area (Å²) in [5, 5.41) is 8.26. The van der Waals surface area contributed by atoms with Crippen molar-refractivity contribution in [3.63, 3.8) is 0 Å². The van der Waals surface area contributed by atoms with Crippen LogP contribution in [0, 0.1) is 18.7 Å². The summed E-state index contributed by atoms with van der Waals surface area (Å²) in [6.45, 7) is 3.24. The predicted molar refractivity (Wildman–Crippen MR) is 106 cm³/mol. The van der Waals surface area contributed by atoms with E-state index in [1.165, 1.54) is 12.1 Å². The van der Waals surface area contributed by atoms with E-state index in [1.54, 1.807) is 16.8 Å². The number of hydrogen-bond acceptors (Lipinski definition) is 5. The number of rotatable bonds is 5. The molecular weight excluding hydrogens is 385 g/mol. The maximum atomic E-state index is 13.2. The molecular formula is C22H22FN5O2. The van der Waals surface area contributed by atoms with E-state index in [1.807, 2.05) is 24.0 Å². The summed E-state index contributed by atoms with van der Waals surface area (Å²) in [4.78, 5) is 19.0. The number of halogens is 1. The molecule has 30 heavy (non-hydrogen) atoms. The zero-order valence-electron chi connectivity index (χ0n) is 16.7. The molecule has 0 atom stereocenters. The summed E-state index contributed by atoms with van der Waals surface area (Å²) >= 11 is 0. The number of ether oxygens (including phenoxy) is 1. The molecule has 0 spiro atoms. The molecule has 2 aliphatic rings. The number of carbonyl (C=O) groups is 1. The fraction of sp³-hybridized carbons (Fsp3) is 0.364. The average molecular weight is 407 g/mol. The fourth-order valence-electron chi connectivity index (χ4n) is 3.86. The molecule has 8 heteroatoms. The van der Waals surface area contributed by atoms with Crippen LogP contribution in [-0.2, 0) is 24.5 Å². The van der Waals surface area contributed by atoms with Gasteiger partial charge in [0, 0.05) is 18.5 Å². The van der Waals surface area contributed by atoms with Crippen molar-refractivity contribution in [1.29, 1.82) is 0 Å². The molecule has 0 radical (unpaired) electrons. The molecule has 1 amide bonds. The Morgan fingerprint density at radius 1 is 1.17 bits per heavy atom. The molecule has 1 aliphatic carbocycles. The van der Waals surface area contributed by atoms with Gasteiger partial charge < -0.3 is 9.64 Å². The molecule has 0 unspecified atom stereocenters. The molecule has 1 saturated carbocycles. The average Bonchev–Trinajstić information content (AvgIpc) is 3.29. The van der Waals surface area contributed by atoms with Gasteiger partial charge in [-0.25, -0.2) is 14.1 Å². The van der Waals surface area contributed by atoms with Crippen LogP contribution in [0.15, 0.2) is 36.4 Å². The number of hydrogen-bond donors (Lipinski definition) is 0. The van der Waals surface area contributed by atoms with Crippen LogP contribution in [-0.4, -0.2) is 30.8 Å². The van der Waals surface area contributed by atoms with E-state index in [4.69, 9.17) is 4.74 Å². The van der Waals surface area contributed by atoms with Crippen LogP contribution < -0.4 is 4.74 Å². The lowest BCUT2D eigenvalue weighted by molar-refractivity contribution is -0.138. The highest BCUT2D eigenvalue weighted by atomic mass is 19.1. The quantitative estimate of drug-likeness (QED) is 0.649. The van der Waals surface area contributed by atoms with Crippen molar-refractivity contribution >= 4 is 5.91 Å². The molecule has 3 heterocycles. The highest BCUT2D eigenvalue weighted by Crippen LogP contribution is 2.32. The van der Waals surface area contributed by atoms with Crippen LogP contribution in [0.1, 0.15) is 41.9 Å². The van der Waals surface area contributed by atoms with Crippen LogP contribution in [0.2, 0.25) is 0 Å². The third kappa shape index (κ3) is 3.42. The van der Waals surface area contributed by atoms with E-state index < -0.39 is 0 Å². The van der Waals surface area contributed by atoms with Gasteiger partial charge in [0.25, 0.3) is 0 Å². The summed E-state index contributed by atoms with van der Waals surface area (Å²) in [5.74, 6) is 0.627. The normalized spacial score (nSPS) is 15.7. The van der Waals surface area contributed by atoms with E-state index in [9.17, 15) is 9.18 Å². The maximum absolute atomic E-state index is 13.2. The topological polar surface area (TPSA) is 73.1 Å². The highest BCUT2D eigenvalue weighted by Gasteiger charge is 2.33. The number of amides is 1. The monoisotopic (exact) mass is 407 g/mol. The van der Waals surface area contributed by atoms with Crippen molar-refractivity contribution in [1.82, 2.24) is 24.9 Å². The van der Waals surface area contributed by atoms with Crippen LogP contribution in [0.5, 0.6) is 5.88 Å². The number of fused-ring (bicyclic) bond motifs is 1. The first-order valence-corrected chi connectivity index (χ1v) is 10.2. The summed E-state index contributed by atoms with van der Waals surface area (Å²) in [6, 6.07) is 9.87. The van der Waals surface area contributed by atoms with Crippen molar-refractivity contribution in [3.8, 4) is 11.6 Å². The second-order valence-corrected chi connectivity index (χ2v) is 7.88. The van der Waals surface area contributed by atoms with Gasteiger partial charge in [-0.2, -0.15) is 0 Å². The Morgan fingerprint density at radius 3 is 2.70 bits per heavy atom. The Hall–Kier alpha value is -3.29. The zero-order chi connectivity index (χ0) is 20.7. The molecule has 0 saturated heterocycles. The van der Waals surface area contributed by atoms with Crippen LogP contribution >= 0.6 is 0 Å². The van der Waals surface area contributed by atoms with Gasteiger partial charge in [0.2, 0.25) is 11.8 Å². The van der Waals surface area contributed by atoms with Crippen molar-refractivity contribution in [2.75, 3.05) is 0 Å². The van der Waals surface area contributed by atoms with Crippen molar-refractivity contribution in [2.24, 2.45) is 5.92 Å². The molecule has 3 aromatic rings. The molecule has 1 fully saturated rings. The SMILES string of the molecule is Cc1nnn(-c2ccc(F)cc2)c1COc1ccc2c(n1)CN(C(=O)C1CCC1)C2. The summed E-state index contributed by atoms with van der Waals surface area (Å²) < 4.78 is 20.8. The number of benzene rings is 1. The van der Waals surface area contributed by atoms with Gasteiger partial charge >= 0.3 is 0 Å². The first-order valence-electron chi connectivity index (χ1n) is 10.2. The third-order valence-electron chi connectivity index (χ3n) is 5.90. The van der Waals surface area contributed by atoms with Gasteiger partial charge in [0.05, 0.1) is 23.6 Å². The smallest absolute Gasteiger partial charge is 0.226 e. The van der Waals surface area contributed by atoms with E-state index in [2.05, 4.69) is 15.3 Å². The molecule has 7 nitrogen and oxygen atoms in total. The number of aryl methyl sites for hydroxylation is 1. The standard InChI is InChI=1S/C22H22FN5O2/c1-14-20(28(26-25-14)18-8-6-17(23)7-9-18)13-30-21-10-5-16-11-27(12-19(16)24-21)22(29)15-3-2-4-15/h5-10,15H,2-4,11-13H2,1H3. The molecule has 1 aromatic carbocycles. The Morgan fingerprint density at radius 2 is 1.97 bits per heavy atom. The lowest BCUT2D eigenvalue weighted by Crippen LogP contribution is -2.35. The molecule has 5 rings (SSSR count). The minimum Gasteiger partial charge on any atom is -0.471 e. The second kappa shape index (κ2) is 7.51. The first kappa shape index (κ1) is 18.7. The maximum Gasteiger partial charge on any atom is 0.226 e. The Kier molecular flexibility index (Phi) is 4.69. The number of nitrogens with zero attached hydrogens (tertiary/aromatic N) is 5. The van der Waals surface area contributed by atoms with Crippen LogP contribution in [0.25, 0.3) is 5.69 Å². The first-order chi connectivity index (χ1) is 14.6. The van der Waals surface area contributed by atoms with Gasteiger partial charge in [-0.3, -0.25) is 4.79 Å². The van der Waals surface area contributed by atoms with Gasteiger partial charge in [-0.15, -0.1) is 5.10 Å². The molecule has 0 N–H and O–H groups in total. The summed E-state index contributed by atoms with van der Waals surface area (Å²) in [7, 11) is 0. The van der Waals surface area contributed by atoms with Gasteiger partial charge in [0.1, 0.15) is 18.1 Å². The van der Waals surface area contributed by atoms with E-state index in [-0.39, 0.29) is 24.2 Å². The number of aromatic nitrogens is 4.